The fraction of sp³-hybridized carbons (Fsp3) is 0.533. The number of hydrogen-bond donors (Lipinski definition) is 0. The lowest BCUT2D eigenvalue weighted by molar-refractivity contribution is 0.192. The molecule has 0 aromatic carbocycles. The van der Waals surface area contributed by atoms with Crippen molar-refractivity contribution in [2.45, 2.75) is 33.2 Å². The second-order valence-corrected chi connectivity index (χ2v) is 5.65. The normalized spacial score (nSPS) is 20.1. The molecule has 3 rings (SSSR count). The van der Waals surface area contributed by atoms with E-state index < -0.39 is 0 Å². The Labute approximate surface area is 118 Å². The third-order valence-electron chi connectivity index (χ3n) is 3.93. The van der Waals surface area contributed by atoms with Crippen molar-refractivity contribution >= 4 is 5.65 Å². The Kier molecular flexibility index (Phi) is 3.41. The number of fused-ring (bicyclic) bond motifs is 1. The summed E-state index contributed by atoms with van der Waals surface area (Å²) in [6.45, 7) is 6.80. The van der Waals surface area contributed by atoms with Crippen molar-refractivity contribution in [2.75, 3.05) is 13.1 Å². The van der Waals surface area contributed by atoms with Gasteiger partial charge in [-0.15, -0.1) is 0 Å². The molecule has 1 unspecified atom stereocenters. The molecule has 1 saturated heterocycles. The minimum absolute atomic E-state index is 0.169. The molecule has 104 valence electrons. The summed E-state index contributed by atoms with van der Waals surface area (Å²) in [6.07, 6.45) is 4.03. The van der Waals surface area contributed by atoms with E-state index in [9.17, 15) is 0 Å². The summed E-state index contributed by atoms with van der Waals surface area (Å²) in [6, 6.07) is 4.43. The smallest absolute Gasteiger partial charge is 0.159 e. The highest BCUT2D eigenvalue weighted by Crippen LogP contribution is 2.20. The van der Waals surface area contributed by atoms with Gasteiger partial charge in [-0.3, -0.25) is 4.90 Å². The maximum Gasteiger partial charge on any atom is 0.159 e. The zero-order valence-corrected chi connectivity index (χ0v) is 12.0. The van der Waals surface area contributed by atoms with Crippen LogP contribution in [-0.2, 0) is 6.54 Å². The van der Waals surface area contributed by atoms with Gasteiger partial charge in [0.25, 0.3) is 0 Å². The van der Waals surface area contributed by atoms with Gasteiger partial charge in [-0.1, -0.05) is 0 Å². The predicted molar refractivity (Wildman–Crippen MR) is 76.1 cm³/mol. The van der Waals surface area contributed by atoms with Gasteiger partial charge in [0.1, 0.15) is 0 Å². The molecule has 0 saturated carbocycles. The van der Waals surface area contributed by atoms with Crippen LogP contribution in [0.3, 0.4) is 0 Å². The molecular formula is C15H19N5. The quantitative estimate of drug-likeness (QED) is 0.837. The van der Waals surface area contributed by atoms with E-state index in [1.165, 1.54) is 0 Å². The monoisotopic (exact) mass is 269 g/mol. The second kappa shape index (κ2) is 5.22. The molecule has 0 spiro atoms. The van der Waals surface area contributed by atoms with Crippen LogP contribution in [-0.4, -0.2) is 32.6 Å². The first-order valence-corrected chi connectivity index (χ1v) is 7.10. The Balaban J connectivity index is 1.86. The summed E-state index contributed by atoms with van der Waals surface area (Å²) < 4.78 is 1.90. The van der Waals surface area contributed by atoms with Gasteiger partial charge in [0.15, 0.2) is 5.65 Å². The molecule has 3 heterocycles. The standard InChI is InChI=1S/C15H19N5/c1-11-6-12(2)20-15(18-11)14(8-17-20)10-19-5-3-4-13(7-16)9-19/h6,8,13H,3-5,9-10H2,1-2H3. The summed E-state index contributed by atoms with van der Waals surface area (Å²) >= 11 is 0. The molecule has 0 aliphatic carbocycles. The van der Waals surface area contributed by atoms with Crippen LogP contribution in [0, 0.1) is 31.1 Å². The zero-order valence-electron chi connectivity index (χ0n) is 12.0. The lowest BCUT2D eigenvalue weighted by Crippen LogP contribution is -2.34. The molecule has 1 aliphatic heterocycles. The number of nitriles is 1. The molecule has 0 amide bonds. The molecular weight excluding hydrogens is 250 g/mol. The molecule has 0 bridgehead atoms. The van der Waals surface area contributed by atoms with Gasteiger partial charge < -0.3 is 0 Å². The van der Waals surface area contributed by atoms with Crippen LogP contribution < -0.4 is 0 Å². The molecule has 1 aliphatic rings. The fourth-order valence-corrected chi connectivity index (χ4v) is 2.97. The minimum atomic E-state index is 0.169. The highest BCUT2D eigenvalue weighted by Gasteiger charge is 2.21. The van der Waals surface area contributed by atoms with E-state index in [0.717, 1.165) is 55.1 Å². The largest absolute Gasteiger partial charge is 0.298 e. The average Bonchev–Trinajstić information content (AvgIpc) is 2.82. The number of aryl methyl sites for hydroxylation is 2. The molecule has 5 heteroatoms. The lowest BCUT2D eigenvalue weighted by atomic mass is 9.99. The first-order valence-electron chi connectivity index (χ1n) is 7.10. The van der Waals surface area contributed by atoms with E-state index >= 15 is 0 Å². The summed E-state index contributed by atoms with van der Waals surface area (Å²) in [4.78, 5) is 6.95. The van der Waals surface area contributed by atoms with Gasteiger partial charge in [-0.05, 0) is 39.3 Å². The zero-order chi connectivity index (χ0) is 14.1. The Morgan fingerprint density at radius 2 is 2.30 bits per heavy atom. The van der Waals surface area contributed by atoms with Gasteiger partial charge in [-0.25, -0.2) is 9.50 Å². The Morgan fingerprint density at radius 3 is 3.10 bits per heavy atom. The lowest BCUT2D eigenvalue weighted by Gasteiger charge is -2.28. The van der Waals surface area contributed by atoms with Crippen LogP contribution in [0.2, 0.25) is 0 Å². The molecule has 2 aromatic rings. The molecule has 0 radical (unpaired) electrons. The van der Waals surface area contributed by atoms with Gasteiger partial charge >= 0.3 is 0 Å². The minimum Gasteiger partial charge on any atom is -0.298 e. The van der Waals surface area contributed by atoms with E-state index in [0.29, 0.717) is 0 Å². The van der Waals surface area contributed by atoms with Crippen molar-refractivity contribution in [2.24, 2.45) is 5.92 Å². The molecule has 0 N–H and O–H groups in total. The number of likely N-dealkylation sites (tertiary alicyclic amines) is 1. The Bertz CT molecular complexity index is 667. The van der Waals surface area contributed by atoms with Crippen molar-refractivity contribution < 1.29 is 0 Å². The van der Waals surface area contributed by atoms with Crippen molar-refractivity contribution in [1.29, 1.82) is 5.26 Å². The Morgan fingerprint density at radius 1 is 1.45 bits per heavy atom. The predicted octanol–water partition coefficient (Wildman–Crippen LogP) is 2.08. The summed E-state index contributed by atoms with van der Waals surface area (Å²) in [7, 11) is 0. The van der Waals surface area contributed by atoms with Gasteiger partial charge in [0, 0.05) is 30.0 Å². The van der Waals surface area contributed by atoms with Crippen molar-refractivity contribution in [3.8, 4) is 6.07 Å². The van der Waals surface area contributed by atoms with E-state index in [4.69, 9.17) is 5.26 Å². The van der Waals surface area contributed by atoms with Crippen LogP contribution >= 0.6 is 0 Å². The van der Waals surface area contributed by atoms with Gasteiger partial charge in [-0.2, -0.15) is 10.4 Å². The maximum atomic E-state index is 9.07. The number of nitrogens with zero attached hydrogens (tertiary/aromatic N) is 5. The van der Waals surface area contributed by atoms with E-state index in [1.54, 1.807) is 0 Å². The summed E-state index contributed by atoms with van der Waals surface area (Å²) in [5.74, 6) is 0.169. The molecule has 20 heavy (non-hydrogen) atoms. The fourth-order valence-electron chi connectivity index (χ4n) is 2.97. The number of hydrogen-bond acceptors (Lipinski definition) is 4. The van der Waals surface area contributed by atoms with Crippen molar-refractivity contribution in [3.63, 3.8) is 0 Å². The van der Waals surface area contributed by atoms with E-state index in [-0.39, 0.29) is 5.92 Å². The molecule has 1 atom stereocenters. The summed E-state index contributed by atoms with van der Waals surface area (Å²) in [5.41, 5.74) is 4.22. The van der Waals surface area contributed by atoms with Crippen LogP contribution in [0.5, 0.6) is 0 Å². The van der Waals surface area contributed by atoms with Gasteiger partial charge in [0.2, 0.25) is 0 Å². The molecule has 5 nitrogen and oxygen atoms in total. The van der Waals surface area contributed by atoms with Crippen LogP contribution in [0.4, 0.5) is 0 Å². The molecule has 1 fully saturated rings. The number of rotatable bonds is 2. The number of aromatic nitrogens is 3. The van der Waals surface area contributed by atoms with E-state index in [2.05, 4.69) is 21.1 Å². The highest BCUT2D eigenvalue weighted by molar-refractivity contribution is 5.47. The van der Waals surface area contributed by atoms with Crippen LogP contribution in [0.25, 0.3) is 5.65 Å². The third-order valence-corrected chi connectivity index (χ3v) is 3.93. The van der Waals surface area contributed by atoms with Crippen LogP contribution in [0.1, 0.15) is 29.8 Å². The Hall–Kier alpha value is -1.93. The topological polar surface area (TPSA) is 57.2 Å². The summed E-state index contributed by atoms with van der Waals surface area (Å²) in [5, 5.41) is 13.5. The number of piperidine rings is 1. The van der Waals surface area contributed by atoms with Gasteiger partial charge in [0.05, 0.1) is 18.2 Å². The maximum absolute atomic E-state index is 9.07. The van der Waals surface area contributed by atoms with Crippen molar-refractivity contribution in [3.05, 3.63) is 29.2 Å². The highest BCUT2D eigenvalue weighted by atomic mass is 15.3. The SMILES string of the molecule is Cc1cc(C)n2ncc(CN3CCCC(C#N)C3)c2n1. The second-order valence-electron chi connectivity index (χ2n) is 5.65. The third kappa shape index (κ3) is 2.39. The van der Waals surface area contributed by atoms with Crippen molar-refractivity contribution in [1.82, 2.24) is 19.5 Å². The molecule has 2 aromatic heterocycles. The first-order chi connectivity index (χ1) is 9.67. The van der Waals surface area contributed by atoms with E-state index in [1.807, 2.05) is 30.6 Å². The van der Waals surface area contributed by atoms with Crippen LogP contribution in [0.15, 0.2) is 12.3 Å². The average molecular weight is 269 g/mol. The first kappa shape index (κ1) is 13.1.